The largest absolute Gasteiger partial charge is 0.369 e. The molecule has 0 bridgehead atoms. The van der Waals surface area contributed by atoms with Gasteiger partial charge in [0.05, 0.1) is 5.56 Å². The second-order valence-corrected chi connectivity index (χ2v) is 5.10. The molecule has 1 aromatic rings. The first-order valence-electron chi connectivity index (χ1n) is 6.85. The van der Waals surface area contributed by atoms with Crippen LogP contribution in [0.25, 0.3) is 0 Å². The molecule has 1 N–H and O–H groups in total. The summed E-state index contributed by atoms with van der Waals surface area (Å²) in [7, 11) is 0. The molecule has 1 atom stereocenters. The van der Waals surface area contributed by atoms with Crippen molar-refractivity contribution in [1.29, 1.82) is 0 Å². The molecule has 0 aromatic carbocycles. The fourth-order valence-electron chi connectivity index (χ4n) is 1.97. The molecule has 19 heavy (non-hydrogen) atoms. The van der Waals surface area contributed by atoms with Gasteiger partial charge in [-0.15, -0.1) is 0 Å². The number of nitrogens with one attached hydrogen (secondary N) is 1. The zero-order valence-corrected chi connectivity index (χ0v) is 12.6. The Kier molecular flexibility index (Phi) is 6.78. The Hall–Kier alpha value is -1.16. The van der Waals surface area contributed by atoms with E-state index in [0.717, 1.165) is 13.0 Å². The Morgan fingerprint density at radius 1 is 1.37 bits per heavy atom. The van der Waals surface area contributed by atoms with Crippen molar-refractivity contribution in [1.82, 2.24) is 9.97 Å². The average molecular weight is 284 g/mol. The van der Waals surface area contributed by atoms with Gasteiger partial charge in [-0.05, 0) is 19.3 Å². The van der Waals surface area contributed by atoms with Crippen molar-refractivity contribution in [2.24, 2.45) is 5.92 Å². The number of nitrogens with zero attached hydrogens (tertiary/aromatic N) is 2. The maximum Gasteiger partial charge on any atom is 0.156 e. The standard InChI is InChI=1S/C14H22ClN3O/c1-4-6-7-11(5-2)8-16-14-12(9-19)13(15)17-10(3)18-14/h9,11H,4-8H2,1-3H3,(H,16,17,18). The molecule has 0 aliphatic carbocycles. The number of aldehydes is 1. The summed E-state index contributed by atoms with van der Waals surface area (Å²) in [5.74, 6) is 1.70. The quantitative estimate of drug-likeness (QED) is 0.581. The van der Waals surface area contributed by atoms with Crippen molar-refractivity contribution in [2.45, 2.75) is 46.5 Å². The van der Waals surface area contributed by atoms with Crippen LogP contribution >= 0.6 is 11.6 Å². The van der Waals surface area contributed by atoms with E-state index in [1.165, 1.54) is 19.3 Å². The summed E-state index contributed by atoms with van der Waals surface area (Å²) in [6, 6.07) is 0. The Balaban J connectivity index is 2.73. The van der Waals surface area contributed by atoms with E-state index in [0.29, 0.717) is 29.4 Å². The van der Waals surface area contributed by atoms with E-state index < -0.39 is 0 Å². The van der Waals surface area contributed by atoms with Gasteiger partial charge < -0.3 is 5.32 Å². The number of aryl methyl sites for hydroxylation is 1. The van der Waals surface area contributed by atoms with Crippen molar-refractivity contribution in [2.75, 3.05) is 11.9 Å². The topological polar surface area (TPSA) is 54.9 Å². The predicted octanol–water partition coefficient (Wildman–Crippen LogP) is 3.88. The number of rotatable bonds is 8. The molecule has 0 fully saturated rings. The van der Waals surface area contributed by atoms with Crippen LogP contribution in [0.3, 0.4) is 0 Å². The van der Waals surface area contributed by atoms with Gasteiger partial charge >= 0.3 is 0 Å². The Labute approximate surface area is 120 Å². The SMILES string of the molecule is CCCCC(CC)CNc1nc(C)nc(Cl)c1C=O. The van der Waals surface area contributed by atoms with Gasteiger partial charge in [0.2, 0.25) is 0 Å². The van der Waals surface area contributed by atoms with Crippen molar-refractivity contribution < 1.29 is 4.79 Å². The summed E-state index contributed by atoms with van der Waals surface area (Å²) >= 11 is 5.95. The van der Waals surface area contributed by atoms with Crippen LogP contribution in [0.4, 0.5) is 5.82 Å². The second-order valence-electron chi connectivity index (χ2n) is 4.74. The first-order valence-corrected chi connectivity index (χ1v) is 7.23. The van der Waals surface area contributed by atoms with Crippen molar-refractivity contribution in [3.63, 3.8) is 0 Å². The van der Waals surface area contributed by atoms with E-state index in [-0.39, 0.29) is 5.15 Å². The number of carbonyl (C=O) groups excluding carboxylic acids is 1. The highest BCUT2D eigenvalue weighted by molar-refractivity contribution is 6.32. The van der Waals surface area contributed by atoms with Gasteiger partial charge in [-0.25, -0.2) is 9.97 Å². The van der Waals surface area contributed by atoms with Crippen LogP contribution in [-0.2, 0) is 0 Å². The van der Waals surface area contributed by atoms with Crippen LogP contribution in [-0.4, -0.2) is 22.8 Å². The molecule has 0 spiro atoms. The number of aromatic nitrogens is 2. The summed E-state index contributed by atoms with van der Waals surface area (Å²) in [4.78, 5) is 19.3. The Morgan fingerprint density at radius 3 is 2.68 bits per heavy atom. The number of carbonyl (C=O) groups is 1. The predicted molar refractivity (Wildman–Crippen MR) is 79.0 cm³/mol. The second kappa shape index (κ2) is 8.10. The molecule has 1 rings (SSSR count). The minimum absolute atomic E-state index is 0.214. The van der Waals surface area contributed by atoms with Crippen molar-refractivity contribution in [3.8, 4) is 0 Å². The molecule has 4 nitrogen and oxygen atoms in total. The van der Waals surface area contributed by atoms with E-state index >= 15 is 0 Å². The molecule has 0 aliphatic rings. The normalized spacial score (nSPS) is 12.2. The average Bonchev–Trinajstić information content (AvgIpc) is 2.38. The zero-order valence-electron chi connectivity index (χ0n) is 11.9. The van der Waals surface area contributed by atoms with E-state index in [2.05, 4.69) is 29.1 Å². The van der Waals surface area contributed by atoms with Gasteiger partial charge in [0.15, 0.2) is 6.29 Å². The fraction of sp³-hybridized carbons (Fsp3) is 0.643. The molecule has 0 radical (unpaired) electrons. The first-order chi connectivity index (χ1) is 9.12. The van der Waals surface area contributed by atoms with Crippen molar-refractivity contribution in [3.05, 3.63) is 16.5 Å². The van der Waals surface area contributed by atoms with E-state index in [1.54, 1.807) is 6.92 Å². The van der Waals surface area contributed by atoms with Crippen LogP contribution in [0.1, 0.15) is 55.7 Å². The molecule has 1 heterocycles. The number of hydrogen-bond acceptors (Lipinski definition) is 4. The lowest BCUT2D eigenvalue weighted by Gasteiger charge is -2.16. The van der Waals surface area contributed by atoms with E-state index in [9.17, 15) is 4.79 Å². The molecule has 0 saturated heterocycles. The smallest absolute Gasteiger partial charge is 0.156 e. The van der Waals surface area contributed by atoms with Gasteiger partial charge in [0.1, 0.15) is 16.8 Å². The summed E-state index contributed by atoms with van der Waals surface area (Å²) in [5, 5.41) is 3.45. The molecule has 1 unspecified atom stereocenters. The van der Waals surface area contributed by atoms with Gasteiger partial charge in [0, 0.05) is 6.54 Å². The molecule has 1 aromatic heterocycles. The Bertz CT molecular complexity index is 423. The molecule has 0 aliphatic heterocycles. The van der Waals surface area contributed by atoms with Gasteiger partial charge in [-0.3, -0.25) is 4.79 Å². The van der Waals surface area contributed by atoms with Gasteiger partial charge in [-0.2, -0.15) is 0 Å². The molecule has 0 saturated carbocycles. The van der Waals surface area contributed by atoms with E-state index in [4.69, 9.17) is 11.6 Å². The van der Waals surface area contributed by atoms with Gasteiger partial charge in [-0.1, -0.05) is 44.7 Å². The monoisotopic (exact) mass is 283 g/mol. The third-order valence-corrected chi connectivity index (χ3v) is 3.52. The van der Waals surface area contributed by atoms with Crippen LogP contribution in [0, 0.1) is 12.8 Å². The maximum absolute atomic E-state index is 11.0. The summed E-state index contributed by atoms with van der Waals surface area (Å²) in [6.07, 6.45) is 5.44. The highest BCUT2D eigenvalue weighted by atomic mass is 35.5. The molecular formula is C14H22ClN3O. The van der Waals surface area contributed by atoms with Crippen LogP contribution in [0.5, 0.6) is 0 Å². The van der Waals surface area contributed by atoms with Gasteiger partial charge in [0.25, 0.3) is 0 Å². The lowest BCUT2D eigenvalue weighted by atomic mass is 9.99. The van der Waals surface area contributed by atoms with E-state index in [1.807, 2.05) is 0 Å². The fourth-order valence-corrected chi connectivity index (χ4v) is 2.23. The van der Waals surface area contributed by atoms with Crippen LogP contribution in [0.15, 0.2) is 0 Å². The lowest BCUT2D eigenvalue weighted by Crippen LogP contribution is -2.16. The highest BCUT2D eigenvalue weighted by Gasteiger charge is 2.12. The summed E-state index contributed by atoms with van der Waals surface area (Å²) in [5.41, 5.74) is 0.345. The molecular weight excluding hydrogens is 262 g/mol. The third kappa shape index (κ3) is 4.78. The minimum Gasteiger partial charge on any atom is -0.369 e. The highest BCUT2D eigenvalue weighted by Crippen LogP contribution is 2.20. The number of hydrogen-bond donors (Lipinski definition) is 1. The van der Waals surface area contributed by atoms with Crippen LogP contribution in [0.2, 0.25) is 5.15 Å². The zero-order chi connectivity index (χ0) is 14.3. The molecule has 5 heteroatoms. The summed E-state index contributed by atoms with van der Waals surface area (Å²) < 4.78 is 0. The third-order valence-electron chi connectivity index (χ3n) is 3.23. The number of unbranched alkanes of at least 4 members (excludes halogenated alkanes) is 1. The lowest BCUT2D eigenvalue weighted by molar-refractivity contribution is 0.112. The maximum atomic E-state index is 11.0. The minimum atomic E-state index is 0.214. The first kappa shape index (κ1) is 15.9. The van der Waals surface area contributed by atoms with Crippen LogP contribution < -0.4 is 5.32 Å². The summed E-state index contributed by atoms with van der Waals surface area (Å²) in [6.45, 7) is 6.95. The molecule has 0 amide bonds. The number of anilines is 1. The number of halogens is 1. The Morgan fingerprint density at radius 2 is 2.11 bits per heavy atom. The van der Waals surface area contributed by atoms with Crippen molar-refractivity contribution >= 4 is 23.7 Å². The molecule has 106 valence electrons.